The molecule has 2 unspecified atom stereocenters. The van der Waals surface area contributed by atoms with Gasteiger partial charge in [0, 0.05) is 38.4 Å². The van der Waals surface area contributed by atoms with E-state index in [1.165, 1.54) is 6.92 Å². The fraction of sp³-hybridized carbons (Fsp3) is 0.909. The molecule has 2 rings (SSSR count). The van der Waals surface area contributed by atoms with Crippen molar-refractivity contribution in [3.8, 4) is 0 Å². The van der Waals surface area contributed by atoms with Crippen LogP contribution in [0.5, 0.6) is 0 Å². The van der Waals surface area contributed by atoms with Gasteiger partial charge in [-0.25, -0.2) is 13.6 Å². The highest BCUT2D eigenvalue weighted by Gasteiger charge is 2.46. The number of hydrogen-bond acceptors (Lipinski definition) is 3. The van der Waals surface area contributed by atoms with Gasteiger partial charge in [-0.1, -0.05) is 0 Å². The van der Waals surface area contributed by atoms with Crippen LogP contribution in [0.4, 0.5) is 13.6 Å². The Kier molecular flexibility index (Phi) is 7.21. The van der Waals surface area contributed by atoms with Crippen molar-refractivity contribution in [2.24, 2.45) is 17.8 Å². The first-order chi connectivity index (χ1) is 13.2. The highest BCUT2D eigenvalue weighted by Crippen LogP contribution is 2.48. The summed E-state index contributed by atoms with van der Waals surface area (Å²) >= 11 is 0. The molecule has 0 spiro atoms. The number of halogens is 2. The number of alkyl halides is 2. The molecule has 1 aliphatic carbocycles. The lowest BCUT2D eigenvalue weighted by Gasteiger charge is -2.42. The Morgan fingerprint density at radius 1 is 1.10 bits per heavy atom. The summed E-state index contributed by atoms with van der Waals surface area (Å²) in [5.41, 5.74) is -0.981. The predicted molar refractivity (Wildman–Crippen MR) is 109 cm³/mol. The lowest BCUT2D eigenvalue weighted by atomic mass is 9.70. The van der Waals surface area contributed by atoms with Gasteiger partial charge in [0.2, 0.25) is 11.8 Å². The normalized spacial score (nSPS) is 24.3. The second-order valence-corrected chi connectivity index (χ2v) is 10.6. The van der Waals surface area contributed by atoms with E-state index in [0.717, 1.165) is 12.8 Å². The monoisotopic (exact) mass is 416 g/mol. The van der Waals surface area contributed by atoms with Crippen molar-refractivity contribution >= 4 is 12.0 Å². The molecule has 168 valence electrons. The number of amides is 2. The SMILES string of the molecule is CC(=O)NC(C)(C)CC(C1CCN(C(=O)OC(C)(C)C)CC1)C1CCC(F)(F)C1. The molecule has 0 aromatic rings. The lowest BCUT2D eigenvalue weighted by molar-refractivity contribution is -0.120. The first-order valence-electron chi connectivity index (χ1n) is 10.8. The average Bonchev–Trinajstić information content (AvgIpc) is 2.90. The molecule has 0 aromatic carbocycles. The predicted octanol–water partition coefficient (Wildman–Crippen LogP) is 4.99. The van der Waals surface area contributed by atoms with Gasteiger partial charge in [0.25, 0.3) is 0 Å². The van der Waals surface area contributed by atoms with E-state index in [0.29, 0.717) is 25.9 Å². The topological polar surface area (TPSA) is 58.6 Å². The fourth-order valence-electron chi connectivity index (χ4n) is 5.02. The highest BCUT2D eigenvalue weighted by atomic mass is 19.3. The number of hydrogen-bond donors (Lipinski definition) is 1. The minimum atomic E-state index is -2.59. The van der Waals surface area contributed by atoms with Crippen molar-refractivity contribution in [1.29, 1.82) is 0 Å². The van der Waals surface area contributed by atoms with Gasteiger partial charge in [0.15, 0.2) is 0 Å². The molecule has 7 heteroatoms. The van der Waals surface area contributed by atoms with E-state index in [-0.39, 0.29) is 42.6 Å². The van der Waals surface area contributed by atoms with Crippen LogP contribution in [0.25, 0.3) is 0 Å². The van der Waals surface area contributed by atoms with Crippen molar-refractivity contribution in [2.75, 3.05) is 13.1 Å². The van der Waals surface area contributed by atoms with Gasteiger partial charge in [-0.15, -0.1) is 0 Å². The summed E-state index contributed by atoms with van der Waals surface area (Å²) in [6, 6.07) is 0. The molecule has 0 bridgehead atoms. The zero-order valence-electron chi connectivity index (χ0n) is 18.8. The van der Waals surface area contributed by atoms with E-state index in [1.807, 2.05) is 34.6 Å². The van der Waals surface area contributed by atoms with Crippen LogP contribution < -0.4 is 5.32 Å². The van der Waals surface area contributed by atoms with Gasteiger partial charge < -0.3 is 15.0 Å². The van der Waals surface area contributed by atoms with Crippen LogP contribution in [0.15, 0.2) is 0 Å². The largest absolute Gasteiger partial charge is 0.444 e. The number of rotatable bonds is 5. The molecule has 2 amide bonds. The summed E-state index contributed by atoms with van der Waals surface area (Å²) < 4.78 is 33.4. The molecule has 1 heterocycles. The summed E-state index contributed by atoms with van der Waals surface area (Å²) in [6.07, 6.45) is 2.33. The fourth-order valence-corrected chi connectivity index (χ4v) is 5.02. The van der Waals surface area contributed by atoms with Crippen LogP contribution in [-0.4, -0.2) is 47.1 Å². The number of ether oxygens (including phenoxy) is 1. The Morgan fingerprint density at radius 2 is 1.69 bits per heavy atom. The Balaban J connectivity index is 2.06. The van der Waals surface area contributed by atoms with Crippen molar-refractivity contribution in [2.45, 2.75) is 97.1 Å². The van der Waals surface area contributed by atoms with Gasteiger partial charge in [-0.05, 0) is 78.1 Å². The Morgan fingerprint density at radius 3 is 2.14 bits per heavy atom. The number of nitrogens with zero attached hydrogens (tertiary/aromatic N) is 1. The van der Waals surface area contributed by atoms with E-state index in [2.05, 4.69) is 5.32 Å². The van der Waals surface area contributed by atoms with Gasteiger partial charge in [0.1, 0.15) is 5.60 Å². The quantitative estimate of drug-likeness (QED) is 0.687. The zero-order chi connectivity index (χ0) is 22.0. The van der Waals surface area contributed by atoms with E-state index in [4.69, 9.17) is 4.74 Å². The highest BCUT2D eigenvalue weighted by molar-refractivity contribution is 5.73. The van der Waals surface area contributed by atoms with Crippen molar-refractivity contribution in [3.05, 3.63) is 0 Å². The molecule has 5 nitrogen and oxygen atoms in total. The second-order valence-electron chi connectivity index (χ2n) is 10.6. The van der Waals surface area contributed by atoms with Gasteiger partial charge in [-0.2, -0.15) is 0 Å². The van der Waals surface area contributed by atoms with Crippen LogP contribution in [0.3, 0.4) is 0 Å². The zero-order valence-corrected chi connectivity index (χ0v) is 18.8. The molecule has 1 N–H and O–H groups in total. The van der Waals surface area contributed by atoms with Crippen LogP contribution in [0.2, 0.25) is 0 Å². The molecule has 2 fully saturated rings. The van der Waals surface area contributed by atoms with Crippen molar-refractivity contribution < 1.29 is 23.1 Å². The third-order valence-electron chi connectivity index (χ3n) is 6.10. The van der Waals surface area contributed by atoms with E-state index in [1.54, 1.807) is 4.90 Å². The number of carbonyl (C=O) groups excluding carboxylic acids is 2. The summed E-state index contributed by atoms with van der Waals surface area (Å²) in [5, 5.41) is 2.97. The summed E-state index contributed by atoms with van der Waals surface area (Å²) in [4.78, 5) is 25.6. The molecule has 29 heavy (non-hydrogen) atoms. The van der Waals surface area contributed by atoms with E-state index >= 15 is 0 Å². The number of carbonyl (C=O) groups is 2. The lowest BCUT2D eigenvalue weighted by Crippen LogP contribution is -2.48. The molecule has 2 atom stereocenters. The van der Waals surface area contributed by atoms with Gasteiger partial charge in [0.05, 0.1) is 0 Å². The third-order valence-corrected chi connectivity index (χ3v) is 6.10. The van der Waals surface area contributed by atoms with Crippen LogP contribution >= 0.6 is 0 Å². The van der Waals surface area contributed by atoms with Crippen molar-refractivity contribution in [1.82, 2.24) is 10.2 Å². The smallest absolute Gasteiger partial charge is 0.410 e. The third kappa shape index (κ3) is 7.41. The molecule has 1 aliphatic heterocycles. The van der Waals surface area contributed by atoms with E-state index < -0.39 is 17.1 Å². The van der Waals surface area contributed by atoms with Crippen LogP contribution in [0.1, 0.15) is 80.1 Å². The summed E-state index contributed by atoms with van der Waals surface area (Å²) in [5.74, 6) is -2.37. The maximum absolute atomic E-state index is 14.0. The number of nitrogens with one attached hydrogen (secondary N) is 1. The molecular formula is C22H38F2N2O3. The minimum absolute atomic E-state index is 0.0453. The molecule has 1 saturated heterocycles. The maximum Gasteiger partial charge on any atom is 0.410 e. The Labute approximate surface area is 173 Å². The second kappa shape index (κ2) is 8.76. The van der Waals surface area contributed by atoms with Crippen LogP contribution in [-0.2, 0) is 9.53 Å². The van der Waals surface area contributed by atoms with Crippen molar-refractivity contribution in [3.63, 3.8) is 0 Å². The standard InChI is InChI=1S/C22H38F2N2O3/c1-15(27)25-21(5,6)14-18(17-7-10-22(23,24)13-17)16-8-11-26(12-9-16)19(28)29-20(2,3)4/h16-18H,7-14H2,1-6H3,(H,25,27). The summed E-state index contributed by atoms with van der Waals surface area (Å²) in [6.45, 7) is 12.1. The number of likely N-dealkylation sites (tertiary alicyclic amines) is 1. The summed E-state index contributed by atoms with van der Waals surface area (Å²) in [7, 11) is 0. The maximum atomic E-state index is 14.0. The molecule has 2 aliphatic rings. The van der Waals surface area contributed by atoms with Gasteiger partial charge in [-0.3, -0.25) is 4.79 Å². The minimum Gasteiger partial charge on any atom is -0.444 e. The Hall–Kier alpha value is -1.40. The average molecular weight is 417 g/mol. The first kappa shape index (κ1) is 23.9. The van der Waals surface area contributed by atoms with Crippen LogP contribution in [0, 0.1) is 17.8 Å². The molecule has 0 radical (unpaired) electrons. The van der Waals surface area contributed by atoms with E-state index in [9.17, 15) is 18.4 Å². The first-order valence-corrected chi connectivity index (χ1v) is 10.8. The Bertz CT molecular complexity index is 593. The molecule has 0 aromatic heterocycles. The molecule has 1 saturated carbocycles. The van der Waals surface area contributed by atoms with Gasteiger partial charge >= 0.3 is 6.09 Å². The number of piperidine rings is 1. The molecular weight excluding hydrogens is 378 g/mol.